The molecule has 0 aromatic carbocycles. The molecule has 0 N–H and O–H groups in total. The Morgan fingerprint density at radius 3 is 1.57 bits per heavy atom. The zero-order valence-corrected chi connectivity index (χ0v) is 36.4. The fraction of sp³-hybridized carbons (Fsp3) is 0.911. The maximum Gasteiger partial charge on any atom is 0.191 e. The van der Waals surface area contributed by atoms with Crippen molar-refractivity contribution in [1.29, 1.82) is 0 Å². The molecule has 4 aliphatic rings. The molecule has 0 aliphatic carbocycles. The summed E-state index contributed by atoms with van der Waals surface area (Å²) >= 11 is 0. The normalized spacial score (nSPS) is 34.4. The summed E-state index contributed by atoms with van der Waals surface area (Å²) < 4.78 is 32.8. The van der Waals surface area contributed by atoms with E-state index in [1.807, 2.05) is 0 Å². The van der Waals surface area contributed by atoms with Crippen LogP contribution in [0.2, 0.25) is 18.1 Å². The highest BCUT2D eigenvalue weighted by Crippen LogP contribution is 2.45. The summed E-state index contributed by atoms with van der Waals surface area (Å²) in [6.45, 7) is 31.7. The van der Waals surface area contributed by atoms with E-state index in [1.165, 1.54) is 64.2 Å². The van der Waals surface area contributed by atoms with Crippen molar-refractivity contribution >= 4 is 8.32 Å². The zero-order chi connectivity index (χ0) is 37.7. The maximum atomic E-state index is 6.70. The molecule has 10 atom stereocenters. The van der Waals surface area contributed by atoms with Gasteiger partial charge in [0.15, 0.2) is 19.9 Å². The van der Waals surface area contributed by atoms with Gasteiger partial charge in [0.25, 0.3) is 0 Å². The van der Waals surface area contributed by atoms with Crippen LogP contribution in [0.4, 0.5) is 0 Å². The molecule has 0 bridgehead atoms. The lowest BCUT2D eigenvalue weighted by molar-refractivity contribution is -0.325. The molecule has 51 heavy (non-hydrogen) atoms. The highest BCUT2D eigenvalue weighted by molar-refractivity contribution is 6.74. The van der Waals surface area contributed by atoms with Gasteiger partial charge in [-0.3, -0.25) is 0 Å². The van der Waals surface area contributed by atoms with Crippen LogP contribution in [0.3, 0.4) is 0 Å². The molecule has 4 saturated heterocycles. The Kier molecular flexibility index (Phi) is 18.5. The van der Waals surface area contributed by atoms with E-state index in [1.54, 1.807) is 0 Å². The standard InChI is InChI=1S/C25H48O3Si.C20H36O2/c1-9-20(2)14-15-22-12-10-17-25(27-22)18-16-21(3)23(28-25)13-11-19-26-29(7,8)24(4,5)6;1-5-7-10-19-17(4)13-15-20(22-19)14-8-9-18(21-20)12-11-16(3)6-2/h9,20-23H,1,10-19H2,2-8H3;6,16-19H,2,5,7-15H2,1,3-4H3/t20-,21?,22+,23-,25+;16-,17?,18+,19-,20+/m11/s1. The van der Waals surface area contributed by atoms with Gasteiger partial charge in [-0.2, -0.15) is 0 Å². The zero-order valence-electron chi connectivity index (χ0n) is 35.4. The highest BCUT2D eigenvalue weighted by atomic mass is 28.4. The fourth-order valence-corrected chi connectivity index (χ4v) is 9.30. The minimum Gasteiger partial charge on any atom is -0.417 e. The van der Waals surface area contributed by atoms with Crippen LogP contribution in [0.5, 0.6) is 0 Å². The van der Waals surface area contributed by atoms with Crippen molar-refractivity contribution in [3.63, 3.8) is 0 Å². The minimum atomic E-state index is -1.65. The van der Waals surface area contributed by atoms with E-state index in [4.69, 9.17) is 23.4 Å². The molecule has 298 valence electrons. The third-order valence-electron chi connectivity index (χ3n) is 13.3. The second-order valence-electron chi connectivity index (χ2n) is 18.9. The van der Waals surface area contributed by atoms with Crippen LogP contribution in [-0.4, -0.2) is 50.9 Å². The van der Waals surface area contributed by atoms with E-state index in [-0.39, 0.29) is 16.6 Å². The van der Waals surface area contributed by atoms with E-state index < -0.39 is 8.32 Å². The monoisotopic (exact) mass is 733 g/mol. The fourth-order valence-electron chi connectivity index (χ4n) is 8.21. The van der Waals surface area contributed by atoms with Crippen molar-refractivity contribution in [1.82, 2.24) is 0 Å². The molecule has 2 spiro atoms. The number of hydrogen-bond acceptors (Lipinski definition) is 5. The third-order valence-corrected chi connectivity index (χ3v) is 17.9. The molecular formula is C45H84O5Si. The van der Waals surface area contributed by atoms with Crippen molar-refractivity contribution in [3.05, 3.63) is 25.3 Å². The summed E-state index contributed by atoms with van der Waals surface area (Å²) in [4.78, 5) is 0. The van der Waals surface area contributed by atoms with Crippen LogP contribution >= 0.6 is 0 Å². The Morgan fingerprint density at radius 2 is 1.16 bits per heavy atom. The second-order valence-corrected chi connectivity index (χ2v) is 23.7. The first-order valence-corrected chi connectivity index (χ1v) is 24.6. The minimum absolute atomic E-state index is 0.259. The molecule has 4 rings (SSSR count). The van der Waals surface area contributed by atoms with E-state index in [2.05, 4.69) is 93.8 Å². The molecule has 0 aromatic heterocycles. The van der Waals surface area contributed by atoms with Gasteiger partial charge in [0, 0.05) is 32.3 Å². The lowest BCUT2D eigenvalue weighted by atomic mass is 9.85. The van der Waals surface area contributed by atoms with Gasteiger partial charge in [-0.25, -0.2) is 0 Å². The molecule has 2 unspecified atom stereocenters. The molecule has 0 aromatic rings. The molecule has 0 radical (unpaired) electrons. The summed E-state index contributed by atoms with van der Waals surface area (Å²) in [6, 6.07) is 0. The number of unbranched alkanes of at least 4 members (excludes halogenated alkanes) is 1. The van der Waals surface area contributed by atoms with Crippen molar-refractivity contribution < 1.29 is 23.4 Å². The SMILES string of the molecule is C=C[C@@H](C)CC[C@@H]1CCC[C@]2(CCC(C)[C@@H](CCCC)O2)O1.C=C[C@@H](C)CC[C@@H]1CCC[C@]2(CCC(C)[C@@H](CCCO[Si](C)(C)C(C)(C)C)O2)O1. The maximum absolute atomic E-state index is 6.70. The van der Waals surface area contributed by atoms with Crippen LogP contribution in [0.25, 0.3) is 0 Å². The van der Waals surface area contributed by atoms with Crippen molar-refractivity contribution in [3.8, 4) is 0 Å². The molecular weight excluding hydrogens is 649 g/mol. The predicted molar refractivity (Wildman–Crippen MR) is 219 cm³/mol. The summed E-state index contributed by atoms with van der Waals surface area (Å²) in [5.41, 5.74) is 0. The molecule has 4 fully saturated rings. The van der Waals surface area contributed by atoms with Gasteiger partial charge in [0.05, 0.1) is 24.4 Å². The van der Waals surface area contributed by atoms with Gasteiger partial charge in [-0.1, -0.05) is 80.4 Å². The van der Waals surface area contributed by atoms with E-state index >= 15 is 0 Å². The summed E-state index contributed by atoms with van der Waals surface area (Å²) in [5.74, 6) is 1.87. The molecule has 0 amide bonds. The van der Waals surface area contributed by atoms with E-state index in [0.29, 0.717) is 48.1 Å². The Bertz CT molecular complexity index is 1010. The van der Waals surface area contributed by atoms with Crippen LogP contribution in [0.1, 0.15) is 177 Å². The molecule has 6 heteroatoms. The average Bonchev–Trinajstić information content (AvgIpc) is 3.10. The highest BCUT2D eigenvalue weighted by Gasteiger charge is 2.46. The van der Waals surface area contributed by atoms with E-state index in [0.717, 1.165) is 64.4 Å². The van der Waals surface area contributed by atoms with E-state index in [9.17, 15) is 0 Å². The molecule has 4 heterocycles. The Balaban J connectivity index is 0.000000286. The Labute approximate surface area is 317 Å². The number of rotatable bonds is 16. The third kappa shape index (κ3) is 14.3. The lowest BCUT2D eigenvalue weighted by Crippen LogP contribution is -2.50. The van der Waals surface area contributed by atoms with Crippen molar-refractivity contribution in [2.75, 3.05) is 6.61 Å². The Morgan fingerprint density at radius 1 is 0.706 bits per heavy atom. The topological polar surface area (TPSA) is 46.2 Å². The van der Waals surface area contributed by atoms with Gasteiger partial charge >= 0.3 is 0 Å². The summed E-state index contributed by atoms with van der Waals surface area (Å²) in [5, 5.41) is 0.278. The smallest absolute Gasteiger partial charge is 0.191 e. The lowest BCUT2D eigenvalue weighted by Gasteiger charge is -2.48. The number of hydrogen-bond donors (Lipinski definition) is 0. The molecule has 0 saturated carbocycles. The largest absolute Gasteiger partial charge is 0.417 e. The quantitative estimate of drug-likeness (QED) is 0.0898. The average molecular weight is 733 g/mol. The first-order valence-electron chi connectivity index (χ1n) is 21.7. The van der Waals surface area contributed by atoms with Crippen LogP contribution in [0.15, 0.2) is 25.3 Å². The van der Waals surface area contributed by atoms with Gasteiger partial charge in [0.2, 0.25) is 0 Å². The van der Waals surface area contributed by atoms with Crippen LogP contribution in [0, 0.1) is 23.7 Å². The predicted octanol–water partition coefficient (Wildman–Crippen LogP) is 13.3. The van der Waals surface area contributed by atoms with Gasteiger partial charge in [-0.05, 0) is 125 Å². The molecule has 5 nitrogen and oxygen atoms in total. The van der Waals surface area contributed by atoms with Crippen LogP contribution in [-0.2, 0) is 23.4 Å². The number of allylic oxidation sites excluding steroid dienone is 2. The van der Waals surface area contributed by atoms with Crippen molar-refractivity contribution in [2.24, 2.45) is 23.7 Å². The first-order chi connectivity index (χ1) is 24.1. The second kappa shape index (κ2) is 21.0. The summed E-state index contributed by atoms with van der Waals surface area (Å²) in [6.07, 6.45) is 27.7. The van der Waals surface area contributed by atoms with Gasteiger partial charge in [-0.15, -0.1) is 13.2 Å². The van der Waals surface area contributed by atoms with Crippen LogP contribution < -0.4 is 0 Å². The Hall–Kier alpha value is -0.503. The van der Waals surface area contributed by atoms with Gasteiger partial charge < -0.3 is 23.4 Å². The summed E-state index contributed by atoms with van der Waals surface area (Å²) in [7, 11) is -1.65. The van der Waals surface area contributed by atoms with Crippen molar-refractivity contribution in [2.45, 2.75) is 232 Å². The molecule has 4 aliphatic heterocycles. The number of ether oxygens (including phenoxy) is 4. The van der Waals surface area contributed by atoms with Gasteiger partial charge in [0.1, 0.15) is 0 Å². The first kappa shape index (κ1) is 44.9.